The SMILES string of the molecule is O=c1[nH]c2cc(Br)ccc2n1-c1ccco1. The number of benzene rings is 1. The topological polar surface area (TPSA) is 50.9 Å². The first-order valence-corrected chi connectivity index (χ1v) is 5.49. The summed E-state index contributed by atoms with van der Waals surface area (Å²) in [5, 5.41) is 0. The summed E-state index contributed by atoms with van der Waals surface area (Å²) in [6.45, 7) is 0. The fourth-order valence-electron chi connectivity index (χ4n) is 1.70. The van der Waals surface area contributed by atoms with Crippen LogP contribution in [0, 0.1) is 0 Å². The fraction of sp³-hybridized carbons (Fsp3) is 0. The van der Waals surface area contributed by atoms with Crippen molar-refractivity contribution >= 4 is 27.0 Å². The summed E-state index contributed by atoms with van der Waals surface area (Å²) in [6, 6.07) is 9.10. The molecule has 0 aliphatic carbocycles. The molecule has 0 fully saturated rings. The lowest BCUT2D eigenvalue weighted by atomic mass is 10.3. The molecule has 0 bridgehead atoms. The molecule has 0 saturated heterocycles. The summed E-state index contributed by atoms with van der Waals surface area (Å²) in [4.78, 5) is 14.6. The molecule has 1 aromatic carbocycles. The van der Waals surface area contributed by atoms with E-state index in [9.17, 15) is 4.79 Å². The Labute approximate surface area is 98.6 Å². The highest BCUT2D eigenvalue weighted by Gasteiger charge is 2.10. The van der Waals surface area contributed by atoms with Crippen LogP contribution in [0.1, 0.15) is 0 Å². The number of imidazole rings is 1. The molecule has 2 heterocycles. The predicted molar refractivity (Wildman–Crippen MR) is 63.9 cm³/mol. The summed E-state index contributed by atoms with van der Waals surface area (Å²) < 4.78 is 7.65. The standard InChI is InChI=1S/C11H7BrN2O2/c12-7-3-4-9-8(6-7)13-11(15)14(9)10-2-1-5-16-10/h1-6H,(H,13,15). The molecule has 16 heavy (non-hydrogen) atoms. The molecule has 0 amide bonds. The van der Waals surface area contributed by atoms with Gasteiger partial charge in [0.2, 0.25) is 5.88 Å². The van der Waals surface area contributed by atoms with Crippen LogP contribution in [-0.4, -0.2) is 9.55 Å². The number of nitrogens with one attached hydrogen (secondary N) is 1. The second-order valence-electron chi connectivity index (χ2n) is 3.38. The average Bonchev–Trinajstić information content (AvgIpc) is 2.83. The lowest BCUT2D eigenvalue weighted by Gasteiger charge is -1.97. The van der Waals surface area contributed by atoms with E-state index >= 15 is 0 Å². The Morgan fingerprint density at radius 3 is 2.94 bits per heavy atom. The quantitative estimate of drug-likeness (QED) is 0.744. The van der Waals surface area contributed by atoms with E-state index in [2.05, 4.69) is 20.9 Å². The minimum Gasteiger partial charge on any atom is -0.448 e. The zero-order valence-corrected chi connectivity index (χ0v) is 9.69. The number of H-pyrrole nitrogens is 1. The predicted octanol–water partition coefficient (Wildman–Crippen LogP) is 2.67. The van der Waals surface area contributed by atoms with Gasteiger partial charge in [0.1, 0.15) is 0 Å². The van der Waals surface area contributed by atoms with Crippen LogP contribution in [-0.2, 0) is 0 Å². The Kier molecular flexibility index (Phi) is 2.00. The molecule has 0 aliphatic rings. The van der Waals surface area contributed by atoms with Crippen molar-refractivity contribution in [2.45, 2.75) is 0 Å². The van der Waals surface area contributed by atoms with Crippen molar-refractivity contribution in [3.05, 3.63) is 51.6 Å². The van der Waals surface area contributed by atoms with Crippen molar-refractivity contribution < 1.29 is 4.42 Å². The van der Waals surface area contributed by atoms with Crippen LogP contribution in [0.2, 0.25) is 0 Å². The summed E-state index contributed by atoms with van der Waals surface area (Å²) in [5.74, 6) is 0.513. The first kappa shape index (κ1) is 9.47. The third-order valence-corrected chi connectivity index (χ3v) is 2.86. The van der Waals surface area contributed by atoms with Gasteiger partial charge in [-0.15, -0.1) is 0 Å². The maximum Gasteiger partial charge on any atom is 0.333 e. The minimum atomic E-state index is -0.206. The largest absolute Gasteiger partial charge is 0.448 e. The highest BCUT2D eigenvalue weighted by molar-refractivity contribution is 9.10. The molecule has 0 spiro atoms. The van der Waals surface area contributed by atoms with Gasteiger partial charge in [-0.3, -0.25) is 0 Å². The maximum absolute atomic E-state index is 11.8. The molecule has 5 heteroatoms. The van der Waals surface area contributed by atoms with Crippen LogP contribution >= 0.6 is 15.9 Å². The van der Waals surface area contributed by atoms with Crippen molar-refractivity contribution in [2.24, 2.45) is 0 Å². The lowest BCUT2D eigenvalue weighted by molar-refractivity contribution is 0.538. The molecule has 0 radical (unpaired) electrons. The van der Waals surface area contributed by atoms with Crippen molar-refractivity contribution in [1.29, 1.82) is 0 Å². The zero-order valence-electron chi connectivity index (χ0n) is 8.11. The normalized spacial score (nSPS) is 11.1. The molecular formula is C11H7BrN2O2. The summed E-state index contributed by atoms with van der Waals surface area (Å²) in [6.07, 6.45) is 1.54. The second kappa shape index (κ2) is 3.38. The van der Waals surface area contributed by atoms with Crippen LogP contribution in [0.15, 0.2) is 50.3 Å². The average molecular weight is 279 g/mol. The number of aromatic nitrogens is 2. The van der Waals surface area contributed by atoms with Crippen molar-refractivity contribution in [1.82, 2.24) is 9.55 Å². The lowest BCUT2D eigenvalue weighted by Crippen LogP contribution is -2.13. The van der Waals surface area contributed by atoms with Crippen LogP contribution < -0.4 is 5.69 Å². The first-order chi connectivity index (χ1) is 7.75. The Morgan fingerprint density at radius 1 is 1.31 bits per heavy atom. The summed E-state index contributed by atoms with van der Waals surface area (Å²) in [7, 11) is 0. The monoisotopic (exact) mass is 278 g/mol. The van der Waals surface area contributed by atoms with E-state index in [1.54, 1.807) is 18.4 Å². The van der Waals surface area contributed by atoms with Crippen molar-refractivity contribution in [3.63, 3.8) is 0 Å². The number of hydrogen-bond donors (Lipinski definition) is 1. The zero-order chi connectivity index (χ0) is 11.1. The van der Waals surface area contributed by atoms with Crippen LogP contribution in [0.3, 0.4) is 0 Å². The van der Waals surface area contributed by atoms with Crippen molar-refractivity contribution in [3.8, 4) is 5.88 Å². The van der Waals surface area contributed by atoms with Gasteiger partial charge in [-0.2, -0.15) is 0 Å². The Balaban J connectivity index is 2.41. The molecule has 2 aromatic heterocycles. The fourth-order valence-corrected chi connectivity index (χ4v) is 2.06. The molecule has 0 aliphatic heterocycles. The number of rotatable bonds is 1. The van der Waals surface area contributed by atoms with E-state index < -0.39 is 0 Å². The number of nitrogens with zero attached hydrogens (tertiary/aromatic N) is 1. The van der Waals surface area contributed by atoms with Crippen LogP contribution in [0.5, 0.6) is 0 Å². The van der Waals surface area contributed by atoms with Gasteiger partial charge in [0.15, 0.2) is 0 Å². The molecule has 1 N–H and O–H groups in total. The van der Waals surface area contributed by atoms with Gasteiger partial charge in [-0.05, 0) is 24.3 Å². The highest BCUT2D eigenvalue weighted by Crippen LogP contribution is 2.19. The molecule has 3 aromatic rings. The third kappa shape index (κ3) is 1.32. The molecule has 0 unspecified atom stereocenters. The van der Waals surface area contributed by atoms with Gasteiger partial charge >= 0.3 is 5.69 Å². The highest BCUT2D eigenvalue weighted by atomic mass is 79.9. The Morgan fingerprint density at radius 2 is 2.19 bits per heavy atom. The minimum absolute atomic E-state index is 0.206. The van der Waals surface area contributed by atoms with Gasteiger partial charge in [0.25, 0.3) is 0 Å². The molecule has 0 saturated carbocycles. The van der Waals surface area contributed by atoms with E-state index in [1.165, 1.54) is 4.57 Å². The van der Waals surface area contributed by atoms with Gasteiger partial charge in [-0.25, -0.2) is 9.36 Å². The molecule has 4 nitrogen and oxygen atoms in total. The van der Waals surface area contributed by atoms with Gasteiger partial charge in [0.05, 0.1) is 17.3 Å². The van der Waals surface area contributed by atoms with E-state index in [0.29, 0.717) is 5.88 Å². The Hall–Kier alpha value is -1.75. The van der Waals surface area contributed by atoms with Gasteiger partial charge in [-0.1, -0.05) is 15.9 Å². The van der Waals surface area contributed by atoms with E-state index in [4.69, 9.17) is 4.42 Å². The molecule has 3 rings (SSSR count). The number of hydrogen-bond acceptors (Lipinski definition) is 2. The first-order valence-electron chi connectivity index (χ1n) is 4.70. The van der Waals surface area contributed by atoms with Crippen molar-refractivity contribution in [2.75, 3.05) is 0 Å². The number of furan rings is 1. The number of aromatic amines is 1. The maximum atomic E-state index is 11.8. The molecule has 80 valence electrons. The second-order valence-corrected chi connectivity index (χ2v) is 4.29. The van der Waals surface area contributed by atoms with Crippen LogP contribution in [0.25, 0.3) is 16.9 Å². The van der Waals surface area contributed by atoms with Gasteiger partial charge in [0, 0.05) is 10.5 Å². The number of fused-ring (bicyclic) bond motifs is 1. The van der Waals surface area contributed by atoms with Gasteiger partial charge < -0.3 is 9.40 Å². The number of halogens is 1. The smallest absolute Gasteiger partial charge is 0.333 e. The van der Waals surface area contributed by atoms with E-state index in [0.717, 1.165) is 15.5 Å². The molecular weight excluding hydrogens is 272 g/mol. The van der Waals surface area contributed by atoms with Crippen LogP contribution in [0.4, 0.5) is 0 Å². The van der Waals surface area contributed by atoms with E-state index in [1.807, 2.05) is 18.2 Å². The molecule has 0 atom stereocenters. The van der Waals surface area contributed by atoms with E-state index in [-0.39, 0.29) is 5.69 Å². The Bertz CT molecular complexity index is 694. The summed E-state index contributed by atoms with van der Waals surface area (Å²) >= 11 is 3.36. The summed E-state index contributed by atoms with van der Waals surface area (Å²) in [5.41, 5.74) is 1.36. The third-order valence-electron chi connectivity index (χ3n) is 2.37.